The van der Waals surface area contributed by atoms with E-state index in [0.29, 0.717) is 23.9 Å². The Kier molecular flexibility index (Phi) is 69.1. The largest absolute Gasteiger partial charge is 0.545 e. The molecule has 97 heavy (non-hydrogen) atoms. The second kappa shape index (κ2) is 74.6. The Bertz CT molecular complexity index is 2550. The molecule has 0 radical (unpaired) electrons. The molecule has 2 unspecified atom stereocenters. The van der Waals surface area contributed by atoms with E-state index in [1.807, 2.05) is 21.1 Å². The maximum absolute atomic E-state index is 12.9. The minimum Gasteiger partial charge on any atom is -0.545 e. The number of hydrogen-bond acceptors (Lipinski definition) is 8. The topological polar surface area (TPSA) is 111 Å². The lowest BCUT2D eigenvalue weighted by Crippen LogP contribution is -2.44. The van der Waals surface area contributed by atoms with Gasteiger partial charge in [-0.25, -0.2) is 0 Å². The molecule has 0 aliphatic heterocycles. The fourth-order valence-corrected chi connectivity index (χ4v) is 8.74. The van der Waals surface area contributed by atoms with Gasteiger partial charge < -0.3 is 33.3 Å². The number of unbranched alkanes of at least 4 members (excludes halogenated alkanes) is 7. The number of carboxylic acid groups (broad SMARTS) is 1. The quantitative estimate of drug-likeness (QED) is 0.0195. The van der Waals surface area contributed by atoms with E-state index in [4.69, 9.17) is 18.9 Å². The van der Waals surface area contributed by atoms with Crippen molar-refractivity contribution in [2.45, 2.75) is 232 Å². The van der Waals surface area contributed by atoms with Crippen LogP contribution in [0.4, 0.5) is 0 Å². The van der Waals surface area contributed by atoms with Gasteiger partial charge in [0.2, 0.25) is 0 Å². The molecule has 0 saturated carbocycles. The smallest absolute Gasteiger partial charge is 0.306 e. The molecule has 0 aromatic heterocycles. The molecule has 0 bridgehead atoms. The number of esters is 2. The second-order valence-corrected chi connectivity index (χ2v) is 24.4. The molecule has 0 aromatic carbocycles. The maximum Gasteiger partial charge on any atom is 0.306 e. The molecule has 0 aromatic rings. The van der Waals surface area contributed by atoms with Crippen LogP contribution in [0.25, 0.3) is 0 Å². The first-order chi connectivity index (χ1) is 47.6. The second-order valence-electron chi connectivity index (χ2n) is 24.4. The normalized spacial score (nSPS) is 14.2. The lowest BCUT2D eigenvalue weighted by molar-refractivity contribution is -0.870. The SMILES string of the molecule is CC/C=C\C/C=C\C/C=C\C/C=C\C/C=C\C/C=C\C/C=C\C/C=C\C/C=C\C/C=C\C/C=C\CCCCCCCC(=O)OC(COC(=O)CCCC/C=C\C/C=C\C/C=C\C/C=C\C/C=C\C/C=C\C/C=C\C/C=C\C/C=C\C/C=C\CC)COC(OCC[N+](C)(C)C)C(=O)[O-]. The fraction of sp³-hybridized carbons (Fsp3) is 0.489. The number of quaternary nitrogens is 1. The Balaban J connectivity index is 4.34. The van der Waals surface area contributed by atoms with Crippen molar-refractivity contribution < 1.29 is 42.9 Å². The molecule has 0 rings (SSSR count). The van der Waals surface area contributed by atoms with Crippen LogP contribution < -0.4 is 5.11 Å². The van der Waals surface area contributed by atoms with Gasteiger partial charge in [-0.2, -0.15) is 0 Å². The molecule has 0 aliphatic carbocycles. The summed E-state index contributed by atoms with van der Waals surface area (Å²) in [5.41, 5.74) is 0. The predicted molar refractivity (Wildman–Crippen MR) is 415 cm³/mol. The van der Waals surface area contributed by atoms with Crippen molar-refractivity contribution in [3.05, 3.63) is 255 Å². The number of carbonyl (C=O) groups is 3. The van der Waals surface area contributed by atoms with Crippen LogP contribution in [0.5, 0.6) is 0 Å². The summed E-state index contributed by atoms with van der Waals surface area (Å²) < 4.78 is 22.7. The van der Waals surface area contributed by atoms with Gasteiger partial charge in [0.25, 0.3) is 0 Å². The van der Waals surface area contributed by atoms with Crippen LogP contribution in [0.15, 0.2) is 255 Å². The zero-order valence-corrected chi connectivity index (χ0v) is 61.1. The standard InChI is InChI=1S/C88H131NO8/c1-6-8-10-12-14-16-18-20-22-24-26-28-30-32-34-36-38-40-41-42-43-44-45-47-49-51-53-55-57-59-61-63-65-67-69-71-73-75-77-79-86(91)97-84(83-96-88(87(92)93)94-81-80-89(3,4)5)82-95-85(90)78-76-74-72-70-68-66-64-62-60-58-56-54-52-50-48-46-39-37-35-33-31-29-27-25-23-21-19-17-15-13-11-9-7-2/h8-11,14-17,20-23,26-29,32-35,38-40,42-43,45-47,50-53,56-59,62-65,68,70,84,88H,6-7,12-13,18-19,24-25,30-31,36-37,41,44,48-49,54-55,60-61,66-67,69,71-83H2,1-5H3/b10-8-,11-9-,16-14-,17-15-,22-20-,23-21-,28-26-,29-27-,34-32-,35-33-,40-38-,43-42-,46-39-,47-45-,52-50-,53-51-,58-56-,59-57-,64-62-,65-63-,70-68-. The maximum atomic E-state index is 12.9. The zero-order valence-electron chi connectivity index (χ0n) is 61.1. The number of rotatable bonds is 64. The Morgan fingerprint density at radius 3 is 0.845 bits per heavy atom. The van der Waals surface area contributed by atoms with E-state index in [0.717, 1.165) is 180 Å². The molecule has 9 nitrogen and oxygen atoms in total. The van der Waals surface area contributed by atoms with Gasteiger partial charge in [-0.3, -0.25) is 9.59 Å². The Labute approximate surface area is 592 Å². The molecule has 2 atom stereocenters. The molecule has 536 valence electrons. The number of hydrogen-bond donors (Lipinski definition) is 0. The summed E-state index contributed by atoms with van der Waals surface area (Å²) >= 11 is 0. The van der Waals surface area contributed by atoms with Crippen LogP contribution in [0.2, 0.25) is 0 Å². The van der Waals surface area contributed by atoms with Crippen LogP contribution in [-0.4, -0.2) is 82.3 Å². The molecule has 0 amide bonds. The molecule has 0 aliphatic rings. The molecule has 0 heterocycles. The Morgan fingerprint density at radius 2 is 0.557 bits per heavy atom. The van der Waals surface area contributed by atoms with Crippen molar-refractivity contribution in [1.29, 1.82) is 0 Å². The van der Waals surface area contributed by atoms with Gasteiger partial charge in [0, 0.05) is 12.8 Å². The Hall–Kier alpha value is -7.17. The van der Waals surface area contributed by atoms with Crippen molar-refractivity contribution in [1.82, 2.24) is 0 Å². The van der Waals surface area contributed by atoms with Crippen LogP contribution in [-0.2, 0) is 33.3 Å². The third-order valence-corrected chi connectivity index (χ3v) is 14.3. The highest BCUT2D eigenvalue weighted by atomic mass is 16.7. The number of allylic oxidation sites excluding steroid dienone is 42. The van der Waals surface area contributed by atoms with Crippen LogP contribution in [0.3, 0.4) is 0 Å². The van der Waals surface area contributed by atoms with E-state index < -0.39 is 30.3 Å². The summed E-state index contributed by atoms with van der Waals surface area (Å²) in [5.74, 6) is -2.40. The van der Waals surface area contributed by atoms with Gasteiger partial charge in [0.05, 0.1) is 40.3 Å². The number of aliphatic carboxylic acids is 1. The third kappa shape index (κ3) is 76.1. The fourth-order valence-electron chi connectivity index (χ4n) is 8.74. The van der Waals surface area contributed by atoms with Gasteiger partial charge in [0.1, 0.15) is 13.2 Å². The van der Waals surface area contributed by atoms with E-state index in [1.54, 1.807) is 0 Å². The van der Waals surface area contributed by atoms with Crippen LogP contribution in [0.1, 0.15) is 219 Å². The van der Waals surface area contributed by atoms with E-state index in [-0.39, 0.29) is 32.7 Å². The lowest BCUT2D eigenvalue weighted by Gasteiger charge is -2.26. The summed E-state index contributed by atoms with van der Waals surface area (Å²) in [6.07, 6.45) is 119. The van der Waals surface area contributed by atoms with Gasteiger partial charge in [-0.1, -0.05) is 288 Å². The van der Waals surface area contributed by atoms with Gasteiger partial charge in [-0.15, -0.1) is 0 Å². The predicted octanol–water partition coefficient (Wildman–Crippen LogP) is 22.5. The first-order valence-corrected chi connectivity index (χ1v) is 36.8. The average Bonchev–Trinajstić information content (AvgIpc) is 2.39. The van der Waals surface area contributed by atoms with Crippen molar-refractivity contribution in [2.75, 3.05) is 47.5 Å². The molecule has 9 heteroatoms. The highest BCUT2D eigenvalue weighted by Crippen LogP contribution is 2.12. The van der Waals surface area contributed by atoms with Gasteiger partial charge in [-0.05, 0) is 173 Å². The van der Waals surface area contributed by atoms with Crippen molar-refractivity contribution in [3.63, 3.8) is 0 Å². The lowest BCUT2D eigenvalue weighted by atomic mass is 10.1. The highest BCUT2D eigenvalue weighted by Gasteiger charge is 2.22. The van der Waals surface area contributed by atoms with Gasteiger partial charge >= 0.3 is 11.9 Å². The Morgan fingerprint density at radius 1 is 0.309 bits per heavy atom. The van der Waals surface area contributed by atoms with Crippen molar-refractivity contribution >= 4 is 17.9 Å². The average molecular weight is 1330 g/mol. The summed E-state index contributed by atoms with van der Waals surface area (Å²) in [4.78, 5) is 37.5. The number of ether oxygens (including phenoxy) is 4. The number of likely N-dealkylation sites (N-methyl/N-ethyl adjacent to an activating group) is 1. The summed E-state index contributed by atoms with van der Waals surface area (Å²) in [5, 5.41) is 11.8. The first-order valence-electron chi connectivity index (χ1n) is 36.8. The van der Waals surface area contributed by atoms with E-state index in [2.05, 4.69) is 269 Å². The monoisotopic (exact) mass is 1330 g/mol. The van der Waals surface area contributed by atoms with Gasteiger partial charge in [0.15, 0.2) is 12.4 Å². The highest BCUT2D eigenvalue weighted by molar-refractivity contribution is 5.70. The molecule has 0 fully saturated rings. The minimum absolute atomic E-state index is 0.121. The van der Waals surface area contributed by atoms with E-state index >= 15 is 0 Å². The minimum atomic E-state index is -1.66. The molecular formula is C88H131NO8. The number of carboxylic acids is 1. The van der Waals surface area contributed by atoms with E-state index in [9.17, 15) is 19.5 Å². The molecule has 0 spiro atoms. The molecule has 0 N–H and O–H groups in total. The molecule has 0 saturated heterocycles. The summed E-state index contributed by atoms with van der Waals surface area (Å²) in [6.45, 7) is 4.40. The van der Waals surface area contributed by atoms with Crippen molar-refractivity contribution in [2.24, 2.45) is 0 Å². The van der Waals surface area contributed by atoms with E-state index in [1.165, 1.54) is 0 Å². The van der Waals surface area contributed by atoms with Crippen LogP contribution in [0, 0.1) is 0 Å². The van der Waals surface area contributed by atoms with Crippen molar-refractivity contribution in [3.8, 4) is 0 Å². The summed E-state index contributed by atoms with van der Waals surface area (Å²) in [7, 11) is 5.89. The van der Waals surface area contributed by atoms with Crippen LogP contribution >= 0.6 is 0 Å². The molecular weight excluding hydrogens is 1200 g/mol. The zero-order chi connectivity index (χ0) is 70.4. The number of carbonyl (C=O) groups excluding carboxylic acids is 3. The third-order valence-electron chi connectivity index (χ3n) is 14.3. The summed E-state index contributed by atoms with van der Waals surface area (Å²) in [6, 6.07) is 0. The number of nitrogens with zero attached hydrogens (tertiary/aromatic N) is 1. The first kappa shape index (κ1) is 89.8.